The van der Waals surface area contributed by atoms with Crippen LogP contribution in [0.3, 0.4) is 0 Å². The Hall–Kier alpha value is -0.150. The summed E-state index contributed by atoms with van der Waals surface area (Å²) in [5, 5.41) is 0. The third-order valence-corrected chi connectivity index (χ3v) is 3.52. The fraction of sp³-hybridized carbons (Fsp3) is 0.462. The molecule has 0 unspecified atom stereocenters. The van der Waals surface area contributed by atoms with E-state index < -0.39 is 0 Å². The van der Waals surface area contributed by atoms with E-state index in [0.717, 1.165) is 20.9 Å². The van der Waals surface area contributed by atoms with Crippen LogP contribution in [0.4, 0.5) is 0 Å². The number of carbonyl (C=O) groups excluding carboxylic acids is 1. The predicted molar refractivity (Wildman–Crippen MR) is 74.9 cm³/mol. The van der Waals surface area contributed by atoms with Gasteiger partial charge in [0.15, 0.2) is 5.78 Å². The Balaban J connectivity index is 2.77. The van der Waals surface area contributed by atoms with Crippen LogP contribution in [0.25, 0.3) is 0 Å². The van der Waals surface area contributed by atoms with Crippen LogP contribution in [-0.2, 0) is 0 Å². The summed E-state index contributed by atoms with van der Waals surface area (Å²) in [4.78, 5) is 12.0. The van der Waals surface area contributed by atoms with E-state index in [0.29, 0.717) is 6.42 Å². The summed E-state index contributed by atoms with van der Waals surface area (Å²) < 4.78 is 1.81. The Labute approximate surface area is 114 Å². The molecule has 0 N–H and O–H groups in total. The maximum atomic E-state index is 12.0. The van der Waals surface area contributed by atoms with Crippen LogP contribution in [0.1, 0.15) is 44.0 Å². The topological polar surface area (TPSA) is 17.1 Å². The number of hydrogen-bond donors (Lipinski definition) is 0. The van der Waals surface area contributed by atoms with Gasteiger partial charge in [0, 0.05) is 20.9 Å². The molecule has 0 aliphatic heterocycles. The van der Waals surface area contributed by atoms with Gasteiger partial charge in [-0.05, 0) is 30.0 Å². The van der Waals surface area contributed by atoms with Crippen molar-refractivity contribution in [3.05, 3.63) is 32.7 Å². The van der Waals surface area contributed by atoms with Gasteiger partial charge in [0.1, 0.15) is 0 Å². The number of carbonyl (C=O) groups is 1. The summed E-state index contributed by atoms with van der Waals surface area (Å²) in [7, 11) is 0. The van der Waals surface area contributed by atoms with E-state index in [2.05, 4.69) is 52.6 Å². The fourth-order valence-corrected chi connectivity index (χ4v) is 2.16. The van der Waals surface area contributed by atoms with Crippen molar-refractivity contribution in [2.24, 2.45) is 5.41 Å². The third kappa shape index (κ3) is 4.38. The Morgan fingerprint density at radius 3 is 2.44 bits per heavy atom. The molecule has 1 rings (SSSR count). The maximum absolute atomic E-state index is 12.0. The van der Waals surface area contributed by atoms with Gasteiger partial charge in [-0.1, -0.05) is 52.6 Å². The standard InChI is InChI=1S/C13H16Br2O/c1-13(2,3)7-6-12(16)10-8-9(14)4-5-11(10)15/h4-5,8H,6-7H2,1-3H3. The molecule has 0 bridgehead atoms. The lowest BCUT2D eigenvalue weighted by atomic mass is 9.88. The first-order valence-corrected chi connectivity index (χ1v) is 6.86. The molecule has 0 aliphatic carbocycles. The van der Waals surface area contributed by atoms with Crippen molar-refractivity contribution in [3.63, 3.8) is 0 Å². The second kappa shape index (κ2) is 5.46. The second-order valence-corrected chi connectivity index (χ2v) is 6.88. The van der Waals surface area contributed by atoms with Crippen LogP contribution in [0.15, 0.2) is 27.1 Å². The highest BCUT2D eigenvalue weighted by Crippen LogP contribution is 2.26. The average Bonchev–Trinajstić information content (AvgIpc) is 2.17. The zero-order chi connectivity index (χ0) is 12.3. The molecule has 88 valence electrons. The quantitative estimate of drug-likeness (QED) is 0.685. The van der Waals surface area contributed by atoms with Gasteiger partial charge < -0.3 is 0 Å². The molecule has 0 saturated carbocycles. The van der Waals surface area contributed by atoms with Crippen molar-refractivity contribution >= 4 is 37.6 Å². The highest BCUT2D eigenvalue weighted by molar-refractivity contribution is 9.11. The van der Waals surface area contributed by atoms with Gasteiger partial charge in [-0.15, -0.1) is 0 Å². The lowest BCUT2D eigenvalue weighted by Crippen LogP contribution is -2.09. The highest BCUT2D eigenvalue weighted by atomic mass is 79.9. The van der Waals surface area contributed by atoms with Crippen molar-refractivity contribution in [1.82, 2.24) is 0 Å². The van der Waals surface area contributed by atoms with Gasteiger partial charge in [0.05, 0.1) is 0 Å². The minimum Gasteiger partial charge on any atom is -0.294 e. The van der Waals surface area contributed by atoms with E-state index in [1.54, 1.807) is 0 Å². The van der Waals surface area contributed by atoms with Crippen LogP contribution in [0.5, 0.6) is 0 Å². The van der Waals surface area contributed by atoms with Crippen molar-refractivity contribution in [3.8, 4) is 0 Å². The largest absolute Gasteiger partial charge is 0.294 e. The van der Waals surface area contributed by atoms with E-state index in [-0.39, 0.29) is 11.2 Å². The molecule has 0 spiro atoms. The van der Waals surface area contributed by atoms with E-state index in [4.69, 9.17) is 0 Å². The van der Waals surface area contributed by atoms with Gasteiger partial charge in [-0.3, -0.25) is 4.79 Å². The molecule has 1 nitrogen and oxygen atoms in total. The summed E-state index contributed by atoms with van der Waals surface area (Å²) in [6, 6.07) is 5.69. The lowest BCUT2D eigenvalue weighted by Gasteiger charge is -2.17. The smallest absolute Gasteiger partial charge is 0.164 e. The molecule has 0 aromatic heterocycles. The van der Waals surface area contributed by atoms with E-state index in [1.807, 2.05) is 18.2 Å². The Bertz CT molecular complexity index is 391. The molecule has 0 fully saturated rings. The molecule has 0 amide bonds. The van der Waals surface area contributed by atoms with Crippen LogP contribution < -0.4 is 0 Å². The molecular weight excluding hydrogens is 332 g/mol. The number of halogens is 2. The van der Waals surface area contributed by atoms with E-state index in [9.17, 15) is 4.79 Å². The first-order valence-electron chi connectivity index (χ1n) is 5.28. The first kappa shape index (κ1) is 13.9. The normalized spacial score (nSPS) is 11.6. The number of ketones is 1. The summed E-state index contributed by atoms with van der Waals surface area (Å²) in [5.74, 6) is 0.197. The zero-order valence-corrected chi connectivity index (χ0v) is 13.0. The summed E-state index contributed by atoms with van der Waals surface area (Å²) in [6.45, 7) is 6.45. The molecule has 0 saturated heterocycles. The zero-order valence-electron chi connectivity index (χ0n) is 9.81. The van der Waals surface area contributed by atoms with E-state index in [1.165, 1.54) is 0 Å². The van der Waals surface area contributed by atoms with Gasteiger partial charge in [0.2, 0.25) is 0 Å². The third-order valence-electron chi connectivity index (χ3n) is 2.33. The molecule has 1 aromatic rings. The molecular formula is C13H16Br2O. The minimum absolute atomic E-state index is 0.197. The van der Waals surface area contributed by atoms with Crippen molar-refractivity contribution < 1.29 is 4.79 Å². The fourth-order valence-electron chi connectivity index (χ4n) is 1.33. The average molecular weight is 348 g/mol. The van der Waals surface area contributed by atoms with Gasteiger partial charge >= 0.3 is 0 Å². The molecule has 0 radical (unpaired) electrons. The molecule has 0 atom stereocenters. The second-order valence-electron chi connectivity index (χ2n) is 5.11. The van der Waals surface area contributed by atoms with Crippen LogP contribution in [0, 0.1) is 5.41 Å². The Morgan fingerprint density at radius 2 is 1.88 bits per heavy atom. The van der Waals surface area contributed by atoms with Crippen LogP contribution in [0.2, 0.25) is 0 Å². The number of benzene rings is 1. The Kier molecular flexibility index (Phi) is 4.74. The highest BCUT2D eigenvalue weighted by Gasteiger charge is 2.15. The molecule has 0 aliphatic rings. The molecule has 16 heavy (non-hydrogen) atoms. The van der Waals surface area contributed by atoms with E-state index >= 15 is 0 Å². The Morgan fingerprint density at radius 1 is 1.25 bits per heavy atom. The first-order chi connectivity index (χ1) is 7.29. The van der Waals surface area contributed by atoms with Crippen LogP contribution >= 0.6 is 31.9 Å². The molecule has 1 aromatic carbocycles. The van der Waals surface area contributed by atoms with Gasteiger partial charge in [0.25, 0.3) is 0 Å². The van der Waals surface area contributed by atoms with Crippen molar-refractivity contribution in [1.29, 1.82) is 0 Å². The molecule has 0 heterocycles. The predicted octanol–water partition coefficient (Wildman–Crippen LogP) is 5.22. The summed E-state index contributed by atoms with van der Waals surface area (Å²) in [6.07, 6.45) is 1.50. The maximum Gasteiger partial charge on any atom is 0.164 e. The SMILES string of the molecule is CC(C)(C)CCC(=O)c1cc(Br)ccc1Br. The summed E-state index contributed by atoms with van der Waals surface area (Å²) >= 11 is 6.79. The molecule has 3 heteroatoms. The lowest BCUT2D eigenvalue weighted by molar-refractivity contribution is 0.0965. The van der Waals surface area contributed by atoms with Gasteiger partial charge in [-0.25, -0.2) is 0 Å². The number of hydrogen-bond acceptors (Lipinski definition) is 1. The van der Waals surface area contributed by atoms with Crippen LogP contribution in [-0.4, -0.2) is 5.78 Å². The number of Topliss-reactive ketones (excluding diaryl/α,β-unsaturated/α-hetero) is 1. The number of rotatable bonds is 3. The minimum atomic E-state index is 0.197. The monoisotopic (exact) mass is 346 g/mol. The van der Waals surface area contributed by atoms with Crippen molar-refractivity contribution in [2.45, 2.75) is 33.6 Å². The van der Waals surface area contributed by atoms with Crippen molar-refractivity contribution in [2.75, 3.05) is 0 Å². The summed E-state index contributed by atoms with van der Waals surface area (Å²) in [5.41, 5.74) is 0.965. The van der Waals surface area contributed by atoms with Gasteiger partial charge in [-0.2, -0.15) is 0 Å².